The molecule has 74 heavy (non-hydrogen) atoms. The molecule has 2 heterocycles. The molecule has 0 aliphatic carbocycles. The van der Waals surface area contributed by atoms with Gasteiger partial charge in [-0.15, -0.1) is 0 Å². The van der Waals surface area contributed by atoms with Crippen LogP contribution in [-0.2, 0) is 11.1 Å². The van der Waals surface area contributed by atoms with Crippen molar-refractivity contribution in [1.82, 2.24) is 19.1 Å². The lowest BCUT2D eigenvalue weighted by Crippen LogP contribution is -2.38. The van der Waals surface area contributed by atoms with Gasteiger partial charge in [0, 0.05) is 23.5 Å². The van der Waals surface area contributed by atoms with Gasteiger partial charge in [-0.3, -0.25) is 4.79 Å². The highest BCUT2D eigenvalue weighted by molar-refractivity contribution is 6.07. The number of hydrogen-bond donors (Lipinski definition) is 0. The number of methoxy groups -OCH3 is 2. The van der Waals surface area contributed by atoms with Crippen LogP contribution in [0.3, 0.4) is 0 Å². The van der Waals surface area contributed by atoms with E-state index in [1.165, 1.54) is 0 Å². The number of carbonyl (C=O) groups excluding carboxylic acids is 1. The fourth-order valence-electron chi connectivity index (χ4n) is 10.9. The fraction of sp³-hybridized carbons (Fsp3) is 0.0597. The molecule has 0 spiro atoms. The summed E-state index contributed by atoms with van der Waals surface area (Å²) in [4.78, 5) is 27.0. The van der Waals surface area contributed by atoms with E-state index in [2.05, 4.69) is 203 Å². The highest BCUT2D eigenvalue weighted by Gasteiger charge is 2.43. The van der Waals surface area contributed by atoms with Crippen LogP contribution >= 0.6 is 0 Å². The number of ether oxygens (including phenoxy) is 2. The van der Waals surface area contributed by atoms with Gasteiger partial charge >= 0.3 is 0 Å². The van der Waals surface area contributed by atoms with E-state index in [1.807, 2.05) is 73.1 Å². The Hall–Kier alpha value is -9.59. The predicted octanol–water partition coefficient (Wildman–Crippen LogP) is 14.6. The second kappa shape index (κ2) is 19.2. The molecular weight excluding hydrogens is 909 g/mol. The number of aromatic nitrogens is 4. The Labute approximate surface area is 430 Å². The van der Waals surface area contributed by atoms with E-state index in [4.69, 9.17) is 19.4 Å². The zero-order chi connectivity index (χ0) is 50.1. The maximum absolute atomic E-state index is 16.1. The Morgan fingerprint density at radius 3 is 0.905 bits per heavy atom. The number of benzene rings is 10. The first kappa shape index (κ1) is 45.5. The summed E-state index contributed by atoms with van der Waals surface area (Å²) in [6, 6.07) is 87.6. The van der Waals surface area contributed by atoms with E-state index < -0.39 is 11.1 Å². The Balaban J connectivity index is 1.15. The number of nitrogens with zero attached hydrogens (tertiary/aromatic N) is 4. The molecule has 7 heteroatoms. The monoisotopic (exact) mass is 958 g/mol. The van der Waals surface area contributed by atoms with Crippen molar-refractivity contribution in [3.05, 3.63) is 312 Å². The largest absolute Gasteiger partial charge is 0.497 e. The third kappa shape index (κ3) is 7.74. The minimum Gasteiger partial charge on any atom is -0.497 e. The molecular formula is C67H50N4O3. The molecule has 0 atom stereocenters. The number of fused-ring (bicyclic) bond motifs is 2. The van der Waals surface area contributed by atoms with Gasteiger partial charge in [0.2, 0.25) is 5.78 Å². The van der Waals surface area contributed by atoms with Crippen LogP contribution < -0.4 is 9.47 Å². The predicted molar refractivity (Wildman–Crippen MR) is 296 cm³/mol. The molecule has 0 saturated heterocycles. The van der Waals surface area contributed by atoms with Crippen LogP contribution in [0.4, 0.5) is 0 Å². The lowest BCUT2D eigenvalue weighted by molar-refractivity contribution is 0.103. The van der Waals surface area contributed by atoms with Crippen LogP contribution in [0.5, 0.6) is 11.5 Å². The Kier molecular flexibility index (Phi) is 11.8. The first-order chi connectivity index (χ1) is 36.5. The Morgan fingerprint density at radius 2 is 0.622 bits per heavy atom. The van der Waals surface area contributed by atoms with Crippen LogP contribution in [0.15, 0.2) is 267 Å². The number of carbonyl (C=O) groups is 1. The van der Waals surface area contributed by atoms with E-state index in [0.29, 0.717) is 11.6 Å². The second-order valence-electron chi connectivity index (χ2n) is 18.4. The van der Waals surface area contributed by atoms with Crippen LogP contribution in [0.25, 0.3) is 44.3 Å². The van der Waals surface area contributed by atoms with Crippen LogP contribution in [-0.4, -0.2) is 39.1 Å². The summed E-state index contributed by atoms with van der Waals surface area (Å²) in [5, 5.41) is 4.05. The zero-order valence-electron chi connectivity index (χ0n) is 40.9. The summed E-state index contributed by atoms with van der Waals surface area (Å²) in [6.07, 6.45) is 3.87. The zero-order valence-corrected chi connectivity index (χ0v) is 40.9. The summed E-state index contributed by atoms with van der Waals surface area (Å²) in [5.74, 6) is 2.44. The molecule has 0 N–H and O–H groups in total. The average molecular weight is 959 g/mol. The van der Waals surface area contributed by atoms with Crippen LogP contribution in [0, 0.1) is 0 Å². The third-order valence-electron chi connectivity index (χ3n) is 14.4. The van der Waals surface area contributed by atoms with Gasteiger partial charge in [-0.05, 0) is 91.3 Å². The summed E-state index contributed by atoms with van der Waals surface area (Å²) in [6.45, 7) is 0. The maximum atomic E-state index is 16.1. The molecule has 12 aromatic rings. The van der Waals surface area contributed by atoms with Crippen molar-refractivity contribution in [3.8, 4) is 34.3 Å². The summed E-state index contributed by atoms with van der Waals surface area (Å²) >= 11 is 0. The highest BCUT2D eigenvalue weighted by Crippen LogP contribution is 2.46. The topological polar surface area (TPSA) is 71.2 Å². The lowest BCUT2D eigenvalue weighted by atomic mass is 9.76. The second-order valence-corrected chi connectivity index (χ2v) is 18.4. The summed E-state index contributed by atoms with van der Waals surface area (Å²) in [5.41, 5.74) is 6.16. The average Bonchev–Trinajstić information content (AvgIpc) is 4.14. The van der Waals surface area contributed by atoms with Gasteiger partial charge in [0.05, 0.1) is 14.2 Å². The molecule has 0 amide bonds. The van der Waals surface area contributed by atoms with Gasteiger partial charge in [-0.2, -0.15) is 0 Å². The van der Waals surface area contributed by atoms with E-state index in [9.17, 15) is 0 Å². The van der Waals surface area contributed by atoms with E-state index in [0.717, 1.165) is 77.6 Å². The minimum atomic E-state index is -0.999. The first-order valence-electron chi connectivity index (χ1n) is 24.7. The molecule has 0 fully saturated rings. The van der Waals surface area contributed by atoms with Crippen LogP contribution in [0.1, 0.15) is 49.6 Å². The van der Waals surface area contributed by atoms with Crippen molar-refractivity contribution in [2.75, 3.05) is 14.2 Å². The molecule has 356 valence electrons. The molecule has 0 saturated carbocycles. The fourth-order valence-corrected chi connectivity index (χ4v) is 10.9. The van der Waals surface area contributed by atoms with Gasteiger partial charge in [0.1, 0.15) is 45.6 Å². The lowest BCUT2D eigenvalue weighted by Gasteiger charge is -2.38. The van der Waals surface area contributed by atoms with Gasteiger partial charge in [-0.25, -0.2) is 9.97 Å². The standard InChI is InChI=1S/C67H50N4O3/c1-73-59-39-37-47-41-51(35-33-49(47)43-59)64-68-61(45-70(64)66(53-21-9-3-10-22-53,54-23-11-4-12-24-54)55-25-13-5-14-26-55)63(72)62-46-71(65(69-62)52-36-34-50-44-60(74-2)40-38-48(50)42-52)67(56-27-15-6-16-28-56,57-29-17-7-18-30-57)58-31-19-8-20-32-58/h3-46H,1-2H3. The number of rotatable bonds is 14. The molecule has 7 nitrogen and oxygen atoms in total. The Bertz CT molecular complexity index is 3480. The van der Waals surface area contributed by atoms with Gasteiger partial charge in [0.25, 0.3) is 0 Å². The molecule has 2 aromatic heterocycles. The summed E-state index contributed by atoms with van der Waals surface area (Å²) < 4.78 is 15.6. The number of imidazole rings is 2. The smallest absolute Gasteiger partial charge is 0.232 e. The Morgan fingerprint density at radius 1 is 0.351 bits per heavy atom. The van der Waals surface area contributed by atoms with Gasteiger partial charge < -0.3 is 18.6 Å². The third-order valence-corrected chi connectivity index (χ3v) is 14.4. The minimum absolute atomic E-state index is 0.244. The quantitative estimate of drug-likeness (QED) is 0.0802. The molecule has 0 unspecified atom stereocenters. The van der Waals surface area contributed by atoms with Crippen molar-refractivity contribution in [3.63, 3.8) is 0 Å². The SMILES string of the molecule is COc1ccc2cc(-c3nc(C(=O)c4cn(C(c5ccccc5)(c5ccccc5)c5ccccc5)c(-c5ccc6cc(OC)ccc6c5)n4)cn3C(c3ccccc3)(c3ccccc3)c3ccccc3)ccc2c1. The van der Waals surface area contributed by atoms with Crippen molar-refractivity contribution in [2.24, 2.45) is 0 Å². The first-order valence-corrected chi connectivity index (χ1v) is 24.7. The molecule has 12 rings (SSSR count). The molecule has 0 aliphatic heterocycles. The molecule has 10 aromatic carbocycles. The normalized spacial score (nSPS) is 11.7. The van der Waals surface area contributed by atoms with Crippen LogP contribution in [0.2, 0.25) is 0 Å². The van der Waals surface area contributed by atoms with Crippen molar-refractivity contribution < 1.29 is 14.3 Å². The van der Waals surface area contributed by atoms with E-state index >= 15 is 4.79 Å². The molecule has 0 aliphatic rings. The van der Waals surface area contributed by atoms with E-state index in [1.54, 1.807) is 14.2 Å². The number of ketones is 1. The van der Waals surface area contributed by atoms with E-state index in [-0.39, 0.29) is 17.2 Å². The maximum Gasteiger partial charge on any atom is 0.232 e. The highest BCUT2D eigenvalue weighted by atomic mass is 16.5. The number of hydrogen-bond acceptors (Lipinski definition) is 5. The van der Waals surface area contributed by atoms with Crippen molar-refractivity contribution >= 4 is 27.3 Å². The van der Waals surface area contributed by atoms with Gasteiger partial charge in [0.15, 0.2) is 0 Å². The van der Waals surface area contributed by atoms with Crippen molar-refractivity contribution in [2.45, 2.75) is 11.1 Å². The van der Waals surface area contributed by atoms with Crippen molar-refractivity contribution in [1.29, 1.82) is 0 Å². The molecule has 0 radical (unpaired) electrons. The summed E-state index contributed by atoms with van der Waals surface area (Å²) in [7, 11) is 3.36. The molecule has 0 bridgehead atoms. The van der Waals surface area contributed by atoms with Gasteiger partial charge in [-0.1, -0.05) is 218 Å².